The highest BCUT2D eigenvalue weighted by Crippen LogP contribution is 2.32. The molecule has 20 heavy (non-hydrogen) atoms. The van der Waals surface area contributed by atoms with Crippen LogP contribution in [-0.4, -0.2) is 12.6 Å². The van der Waals surface area contributed by atoms with Crippen LogP contribution in [0.25, 0.3) is 0 Å². The van der Waals surface area contributed by atoms with Crippen LogP contribution in [-0.2, 0) is 4.74 Å². The van der Waals surface area contributed by atoms with Crippen LogP contribution in [0.2, 0.25) is 0 Å². The van der Waals surface area contributed by atoms with Crippen molar-refractivity contribution < 1.29 is 18.7 Å². The predicted molar refractivity (Wildman–Crippen MR) is 73.3 cm³/mol. The fraction of sp³-hybridized carbons (Fsp3) is 0.133. The van der Waals surface area contributed by atoms with Gasteiger partial charge in [0.05, 0.1) is 12.3 Å². The average Bonchev–Trinajstić information content (AvgIpc) is 2.41. The molecule has 0 aliphatic carbocycles. The highest BCUT2D eigenvalue weighted by atomic mass is 19.1. The molecule has 0 aromatic heterocycles. The maximum atomic E-state index is 13.1. The molecule has 2 aromatic rings. The fourth-order valence-corrected chi connectivity index (χ4v) is 1.69. The van der Waals surface area contributed by atoms with Crippen LogP contribution in [0.3, 0.4) is 0 Å². The van der Waals surface area contributed by atoms with Crippen molar-refractivity contribution in [1.29, 1.82) is 0 Å². The molecule has 0 saturated carbocycles. The van der Waals surface area contributed by atoms with Gasteiger partial charge in [0, 0.05) is 6.07 Å². The van der Waals surface area contributed by atoms with Crippen LogP contribution < -0.4 is 10.5 Å². The van der Waals surface area contributed by atoms with Crippen molar-refractivity contribution in [2.45, 2.75) is 6.92 Å². The SMILES string of the molecule is CCOC(=O)c1cccc(N)c1Oc1cccc(F)c1. The van der Waals surface area contributed by atoms with Gasteiger partial charge in [0.15, 0.2) is 5.75 Å². The summed E-state index contributed by atoms with van der Waals surface area (Å²) in [6.07, 6.45) is 0. The summed E-state index contributed by atoms with van der Waals surface area (Å²) in [5, 5.41) is 0. The van der Waals surface area contributed by atoms with Gasteiger partial charge < -0.3 is 15.2 Å². The van der Waals surface area contributed by atoms with Crippen LogP contribution in [0.5, 0.6) is 11.5 Å². The summed E-state index contributed by atoms with van der Waals surface area (Å²) in [4.78, 5) is 11.8. The number of rotatable bonds is 4. The monoisotopic (exact) mass is 275 g/mol. The van der Waals surface area contributed by atoms with Gasteiger partial charge in [0.1, 0.15) is 17.1 Å². The normalized spacial score (nSPS) is 10.1. The summed E-state index contributed by atoms with van der Waals surface area (Å²) < 4.78 is 23.6. The van der Waals surface area contributed by atoms with Gasteiger partial charge in [-0.3, -0.25) is 0 Å². The van der Waals surface area contributed by atoms with E-state index in [1.54, 1.807) is 31.2 Å². The summed E-state index contributed by atoms with van der Waals surface area (Å²) in [5.74, 6) is -0.550. The minimum Gasteiger partial charge on any atom is -0.462 e. The van der Waals surface area contributed by atoms with Crippen LogP contribution in [0.1, 0.15) is 17.3 Å². The molecule has 0 radical (unpaired) electrons. The lowest BCUT2D eigenvalue weighted by Gasteiger charge is -2.12. The minimum absolute atomic E-state index is 0.163. The second kappa shape index (κ2) is 6.06. The quantitative estimate of drug-likeness (QED) is 0.686. The first-order chi connectivity index (χ1) is 9.61. The van der Waals surface area contributed by atoms with E-state index in [1.165, 1.54) is 18.2 Å². The second-order valence-corrected chi connectivity index (χ2v) is 4.00. The molecular formula is C15H14FNO3. The van der Waals surface area contributed by atoms with Gasteiger partial charge >= 0.3 is 5.97 Å². The number of para-hydroxylation sites is 1. The molecule has 0 bridgehead atoms. The lowest BCUT2D eigenvalue weighted by molar-refractivity contribution is 0.0523. The van der Waals surface area contributed by atoms with Crippen LogP contribution >= 0.6 is 0 Å². The van der Waals surface area contributed by atoms with E-state index in [0.29, 0.717) is 0 Å². The maximum absolute atomic E-state index is 13.1. The first-order valence-electron chi connectivity index (χ1n) is 6.11. The van der Waals surface area contributed by atoms with Crippen LogP contribution in [0, 0.1) is 5.82 Å². The smallest absolute Gasteiger partial charge is 0.342 e. The number of hydrogen-bond acceptors (Lipinski definition) is 4. The lowest BCUT2D eigenvalue weighted by atomic mass is 10.1. The summed E-state index contributed by atoms with van der Waals surface area (Å²) >= 11 is 0. The van der Waals surface area contributed by atoms with Crippen molar-refractivity contribution in [1.82, 2.24) is 0 Å². The Morgan fingerprint density at radius 3 is 2.70 bits per heavy atom. The Bertz CT molecular complexity index is 628. The zero-order valence-electron chi connectivity index (χ0n) is 10.9. The fourth-order valence-electron chi connectivity index (χ4n) is 1.69. The molecule has 0 fully saturated rings. The van der Waals surface area contributed by atoms with E-state index in [0.717, 1.165) is 0 Å². The molecule has 0 unspecified atom stereocenters. The Morgan fingerprint density at radius 2 is 2.00 bits per heavy atom. The van der Waals surface area contributed by atoms with Gasteiger partial charge in [-0.2, -0.15) is 0 Å². The van der Waals surface area contributed by atoms with E-state index in [2.05, 4.69) is 0 Å². The number of halogens is 1. The second-order valence-electron chi connectivity index (χ2n) is 4.00. The number of hydrogen-bond donors (Lipinski definition) is 1. The van der Waals surface area contributed by atoms with E-state index in [4.69, 9.17) is 15.2 Å². The summed E-state index contributed by atoms with van der Waals surface area (Å²) in [7, 11) is 0. The Morgan fingerprint density at radius 1 is 1.25 bits per heavy atom. The Kier molecular flexibility index (Phi) is 4.20. The van der Waals surface area contributed by atoms with Crippen LogP contribution in [0.15, 0.2) is 42.5 Å². The number of carbonyl (C=O) groups excluding carboxylic acids is 1. The number of esters is 1. The molecule has 4 nitrogen and oxygen atoms in total. The number of nitrogens with two attached hydrogens (primary N) is 1. The summed E-state index contributed by atoms with van der Waals surface area (Å²) in [6, 6.07) is 10.4. The van der Waals surface area contributed by atoms with Gasteiger partial charge in [-0.15, -0.1) is 0 Å². The first kappa shape index (κ1) is 13.9. The standard InChI is InChI=1S/C15H14FNO3/c1-2-19-15(18)12-7-4-8-13(17)14(12)20-11-6-3-5-10(16)9-11/h3-9H,2,17H2,1H3. The van der Waals surface area contributed by atoms with Crippen molar-refractivity contribution in [3.63, 3.8) is 0 Å². The Balaban J connectivity index is 2.37. The third-order valence-corrected chi connectivity index (χ3v) is 2.56. The largest absolute Gasteiger partial charge is 0.462 e. The molecule has 2 aromatic carbocycles. The van der Waals surface area contributed by atoms with E-state index < -0.39 is 11.8 Å². The summed E-state index contributed by atoms with van der Waals surface area (Å²) in [5.41, 5.74) is 6.30. The minimum atomic E-state index is -0.536. The number of benzene rings is 2. The Hall–Kier alpha value is -2.56. The van der Waals surface area contributed by atoms with Crippen molar-refractivity contribution >= 4 is 11.7 Å². The highest BCUT2D eigenvalue weighted by molar-refractivity contribution is 5.94. The highest BCUT2D eigenvalue weighted by Gasteiger charge is 2.17. The van der Waals surface area contributed by atoms with Gasteiger partial charge in [-0.1, -0.05) is 12.1 Å². The Labute approximate surface area is 115 Å². The molecular weight excluding hydrogens is 261 g/mol. The third kappa shape index (κ3) is 3.06. The van der Waals surface area contributed by atoms with Crippen LogP contribution in [0.4, 0.5) is 10.1 Å². The number of nitrogen functional groups attached to an aromatic ring is 1. The van der Waals surface area contributed by atoms with E-state index in [-0.39, 0.29) is 29.4 Å². The maximum Gasteiger partial charge on any atom is 0.342 e. The van der Waals surface area contributed by atoms with Crippen molar-refractivity contribution in [3.8, 4) is 11.5 Å². The molecule has 0 spiro atoms. The molecule has 0 aliphatic heterocycles. The number of ether oxygens (including phenoxy) is 2. The molecule has 0 aliphatic rings. The zero-order chi connectivity index (χ0) is 14.5. The van der Waals surface area contributed by atoms with E-state index in [9.17, 15) is 9.18 Å². The summed E-state index contributed by atoms with van der Waals surface area (Å²) in [6.45, 7) is 1.95. The zero-order valence-corrected chi connectivity index (χ0v) is 10.9. The van der Waals surface area contributed by atoms with Crippen molar-refractivity contribution in [2.75, 3.05) is 12.3 Å². The molecule has 104 valence electrons. The molecule has 5 heteroatoms. The molecule has 0 amide bonds. The average molecular weight is 275 g/mol. The number of carbonyl (C=O) groups is 1. The molecule has 0 heterocycles. The van der Waals surface area contributed by atoms with Gasteiger partial charge in [-0.05, 0) is 31.2 Å². The third-order valence-electron chi connectivity index (χ3n) is 2.56. The van der Waals surface area contributed by atoms with E-state index >= 15 is 0 Å². The molecule has 0 saturated heterocycles. The van der Waals surface area contributed by atoms with Gasteiger partial charge in [0.25, 0.3) is 0 Å². The number of anilines is 1. The first-order valence-corrected chi connectivity index (χ1v) is 6.11. The topological polar surface area (TPSA) is 61.5 Å². The van der Waals surface area contributed by atoms with Crippen molar-refractivity contribution in [2.24, 2.45) is 0 Å². The van der Waals surface area contributed by atoms with Gasteiger partial charge in [-0.25, -0.2) is 9.18 Å². The van der Waals surface area contributed by atoms with Gasteiger partial charge in [0.2, 0.25) is 0 Å². The molecule has 2 N–H and O–H groups in total. The molecule has 0 atom stereocenters. The van der Waals surface area contributed by atoms with E-state index in [1.807, 2.05) is 0 Å². The predicted octanol–water partition coefficient (Wildman–Crippen LogP) is 3.38. The molecule has 2 rings (SSSR count). The lowest BCUT2D eigenvalue weighted by Crippen LogP contribution is -2.08. The van der Waals surface area contributed by atoms with Crippen molar-refractivity contribution in [3.05, 3.63) is 53.8 Å².